The van der Waals surface area contributed by atoms with E-state index in [1.54, 1.807) is 12.1 Å². The standard InChI is InChI=1S/C18H16ClN3O3/c19-10-9-18(23)21-17(14-7-4-8-15(11-14)22(24)25)12-16(20-21)13-5-2-1-3-6-13/h1-8,11-12,17,20H,9-10H2. The highest BCUT2D eigenvalue weighted by Crippen LogP contribution is 2.33. The van der Waals surface area contributed by atoms with Crippen molar-refractivity contribution < 1.29 is 9.72 Å². The van der Waals surface area contributed by atoms with Crippen LogP contribution in [0.1, 0.15) is 23.6 Å². The normalized spacial score (nSPS) is 16.3. The van der Waals surface area contributed by atoms with Crippen LogP contribution in [0.25, 0.3) is 5.70 Å². The Morgan fingerprint density at radius 1 is 1.20 bits per heavy atom. The van der Waals surface area contributed by atoms with Gasteiger partial charge in [0.2, 0.25) is 5.91 Å². The molecule has 2 aromatic rings. The molecule has 0 fully saturated rings. The number of carbonyl (C=O) groups is 1. The molecule has 0 aromatic heterocycles. The van der Waals surface area contributed by atoms with Gasteiger partial charge in [-0.2, -0.15) is 0 Å². The zero-order valence-corrected chi connectivity index (χ0v) is 14.0. The van der Waals surface area contributed by atoms with Crippen LogP contribution in [-0.4, -0.2) is 21.7 Å². The monoisotopic (exact) mass is 357 g/mol. The van der Waals surface area contributed by atoms with Crippen LogP contribution in [0.3, 0.4) is 0 Å². The van der Waals surface area contributed by atoms with Crippen LogP contribution in [-0.2, 0) is 4.79 Å². The molecule has 1 aliphatic heterocycles. The molecule has 0 saturated carbocycles. The highest BCUT2D eigenvalue weighted by molar-refractivity contribution is 6.18. The van der Waals surface area contributed by atoms with Crippen LogP contribution in [0.4, 0.5) is 5.69 Å². The zero-order chi connectivity index (χ0) is 17.8. The van der Waals surface area contributed by atoms with E-state index in [1.165, 1.54) is 17.1 Å². The van der Waals surface area contributed by atoms with E-state index in [1.807, 2.05) is 36.4 Å². The number of hydrazine groups is 1. The Labute approximate surface area is 149 Å². The second-order valence-corrected chi connectivity index (χ2v) is 5.94. The number of rotatable bonds is 5. The number of nitrogens with zero attached hydrogens (tertiary/aromatic N) is 2. The van der Waals surface area contributed by atoms with Crippen LogP contribution in [0.15, 0.2) is 60.7 Å². The molecular formula is C18H16ClN3O3. The second kappa shape index (κ2) is 7.36. The number of hydrogen-bond acceptors (Lipinski definition) is 4. The maximum Gasteiger partial charge on any atom is 0.269 e. The fourth-order valence-corrected chi connectivity index (χ4v) is 2.90. The molecule has 0 saturated heterocycles. The van der Waals surface area contributed by atoms with Gasteiger partial charge in [-0.05, 0) is 17.2 Å². The van der Waals surface area contributed by atoms with Gasteiger partial charge in [0.05, 0.1) is 16.7 Å². The highest BCUT2D eigenvalue weighted by atomic mass is 35.5. The van der Waals surface area contributed by atoms with Gasteiger partial charge in [0.15, 0.2) is 0 Å². The summed E-state index contributed by atoms with van der Waals surface area (Å²) in [6, 6.07) is 15.4. The minimum atomic E-state index is -0.446. The molecule has 0 bridgehead atoms. The van der Waals surface area contributed by atoms with E-state index in [-0.39, 0.29) is 23.9 Å². The van der Waals surface area contributed by atoms with Crippen molar-refractivity contribution in [2.75, 3.05) is 5.88 Å². The molecule has 7 heteroatoms. The van der Waals surface area contributed by atoms with Crippen molar-refractivity contribution in [3.05, 3.63) is 81.9 Å². The lowest BCUT2D eigenvalue weighted by molar-refractivity contribution is -0.384. The number of benzene rings is 2. The van der Waals surface area contributed by atoms with Gasteiger partial charge >= 0.3 is 0 Å². The van der Waals surface area contributed by atoms with Gasteiger partial charge in [-0.25, -0.2) is 5.01 Å². The molecule has 2 aromatic carbocycles. The third kappa shape index (κ3) is 3.64. The fraction of sp³-hybridized carbons (Fsp3) is 0.167. The maximum atomic E-state index is 12.4. The fourth-order valence-electron chi connectivity index (χ4n) is 2.73. The number of nitro benzene ring substituents is 1. The van der Waals surface area contributed by atoms with Gasteiger partial charge in [0.1, 0.15) is 0 Å². The molecule has 3 rings (SSSR count). The summed E-state index contributed by atoms with van der Waals surface area (Å²) in [6.07, 6.45) is 2.07. The van der Waals surface area contributed by atoms with Gasteiger partial charge in [0, 0.05) is 24.4 Å². The lowest BCUT2D eigenvalue weighted by atomic mass is 10.0. The predicted octanol–water partition coefficient (Wildman–Crippen LogP) is 3.65. The van der Waals surface area contributed by atoms with Gasteiger partial charge in [-0.3, -0.25) is 20.3 Å². The third-order valence-electron chi connectivity index (χ3n) is 3.93. The summed E-state index contributed by atoms with van der Waals surface area (Å²) in [5.41, 5.74) is 5.47. The minimum Gasteiger partial charge on any atom is -0.295 e. The zero-order valence-electron chi connectivity index (χ0n) is 13.3. The third-order valence-corrected chi connectivity index (χ3v) is 4.12. The van der Waals surface area contributed by atoms with Crippen molar-refractivity contribution in [2.45, 2.75) is 12.5 Å². The number of hydrogen-bond donors (Lipinski definition) is 1. The summed E-state index contributed by atoms with van der Waals surface area (Å²) in [5, 5.41) is 12.5. The molecule has 1 aliphatic rings. The summed E-state index contributed by atoms with van der Waals surface area (Å²) in [4.78, 5) is 23.0. The van der Waals surface area contributed by atoms with Crippen LogP contribution < -0.4 is 5.43 Å². The van der Waals surface area contributed by atoms with E-state index in [0.29, 0.717) is 5.56 Å². The van der Waals surface area contributed by atoms with Crippen molar-refractivity contribution in [1.82, 2.24) is 10.4 Å². The van der Waals surface area contributed by atoms with Gasteiger partial charge in [0.25, 0.3) is 5.69 Å². The number of nitrogens with one attached hydrogen (secondary N) is 1. The predicted molar refractivity (Wildman–Crippen MR) is 95.6 cm³/mol. The lowest BCUT2D eigenvalue weighted by Gasteiger charge is -2.25. The molecule has 0 spiro atoms. The molecule has 1 amide bonds. The van der Waals surface area contributed by atoms with E-state index in [2.05, 4.69) is 5.43 Å². The van der Waals surface area contributed by atoms with E-state index in [4.69, 9.17) is 11.6 Å². The number of amides is 1. The number of carbonyl (C=O) groups excluding carboxylic acids is 1. The SMILES string of the molecule is O=C(CCCl)N1NC(c2ccccc2)=CC1c1cccc([N+](=O)[O-])c1. The Morgan fingerprint density at radius 2 is 1.96 bits per heavy atom. The number of non-ortho nitro benzene ring substituents is 1. The molecule has 6 nitrogen and oxygen atoms in total. The summed E-state index contributed by atoms with van der Waals surface area (Å²) < 4.78 is 0. The number of halogens is 1. The van der Waals surface area contributed by atoms with E-state index in [0.717, 1.165) is 11.3 Å². The molecule has 1 atom stereocenters. The van der Waals surface area contributed by atoms with Crippen molar-refractivity contribution in [3.8, 4) is 0 Å². The first-order valence-corrected chi connectivity index (χ1v) is 8.30. The Kier molecular flexibility index (Phi) is 5.00. The largest absolute Gasteiger partial charge is 0.295 e. The Morgan fingerprint density at radius 3 is 2.64 bits per heavy atom. The van der Waals surface area contributed by atoms with E-state index < -0.39 is 11.0 Å². The number of alkyl halides is 1. The van der Waals surface area contributed by atoms with Gasteiger partial charge in [-0.15, -0.1) is 11.6 Å². The van der Waals surface area contributed by atoms with Gasteiger partial charge < -0.3 is 0 Å². The van der Waals surface area contributed by atoms with Crippen LogP contribution in [0.2, 0.25) is 0 Å². The van der Waals surface area contributed by atoms with Crippen molar-refractivity contribution in [2.24, 2.45) is 0 Å². The first kappa shape index (κ1) is 17.0. The minimum absolute atomic E-state index is 0.0104. The molecular weight excluding hydrogens is 342 g/mol. The van der Waals surface area contributed by atoms with Crippen molar-refractivity contribution >= 4 is 28.9 Å². The second-order valence-electron chi connectivity index (χ2n) is 5.56. The molecule has 0 aliphatic carbocycles. The summed E-state index contributed by atoms with van der Waals surface area (Å²) in [6.45, 7) is 0. The maximum absolute atomic E-state index is 12.4. The summed E-state index contributed by atoms with van der Waals surface area (Å²) in [7, 11) is 0. The average Bonchev–Trinajstić information content (AvgIpc) is 3.08. The topological polar surface area (TPSA) is 75.5 Å². The van der Waals surface area contributed by atoms with E-state index in [9.17, 15) is 14.9 Å². The number of nitro groups is 1. The quantitative estimate of drug-likeness (QED) is 0.503. The molecule has 1 heterocycles. The molecule has 128 valence electrons. The molecule has 1 N–H and O–H groups in total. The van der Waals surface area contributed by atoms with Crippen molar-refractivity contribution in [1.29, 1.82) is 0 Å². The summed E-state index contributed by atoms with van der Waals surface area (Å²) >= 11 is 5.71. The average molecular weight is 358 g/mol. The molecule has 25 heavy (non-hydrogen) atoms. The van der Waals surface area contributed by atoms with E-state index >= 15 is 0 Å². The summed E-state index contributed by atoms with van der Waals surface area (Å²) in [5.74, 6) is 0.0352. The Bertz CT molecular complexity index is 823. The van der Waals surface area contributed by atoms with Crippen LogP contribution in [0.5, 0.6) is 0 Å². The first-order chi connectivity index (χ1) is 12.1. The van der Waals surface area contributed by atoms with Crippen LogP contribution >= 0.6 is 11.6 Å². The smallest absolute Gasteiger partial charge is 0.269 e. The van der Waals surface area contributed by atoms with Gasteiger partial charge in [-0.1, -0.05) is 42.5 Å². The Hall–Kier alpha value is -2.86. The molecule has 1 unspecified atom stereocenters. The lowest BCUT2D eigenvalue weighted by Crippen LogP contribution is -2.39. The van der Waals surface area contributed by atoms with Crippen molar-refractivity contribution in [3.63, 3.8) is 0 Å². The highest BCUT2D eigenvalue weighted by Gasteiger charge is 2.31. The van der Waals surface area contributed by atoms with Crippen LogP contribution in [0, 0.1) is 10.1 Å². The Balaban J connectivity index is 1.99. The first-order valence-electron chi connectivity index (χ1n) is 7.76. The molecule has 0 radical (unpaired) electrons.